The third-order valence-electron chi connectivity index (χ3n) is 3.65. The molecule has 2 aromatic rings. The maximum absolute atomic E-state index is 10.9. The number of hydrogen-bond acceptors (Lipinski definition) is 6. The van der Waals surface area contributed by atoms with Crippen LogP contribution in [0.2, 0.25) is 0 Å². The van der Waals surface area contributed by atoms with E-state index in [0.717, 1.165) is 13.1 Å². The third-order valence-corrected chi connectivity index (χ3v) is 3.65. The lowest BCUT2D eigenvalue weighted by molar-refractivity contribution is -0.384. The molecule has 0 bridgehead atoms. The van der Waals surface area contributed by atoms with Gasteiger partial charge in [0.05, 0.1) is 17.7 Å². The minimum atomic E-state index is -0.431. The van der Waals surface area contributed by atoms with E-state index in [1.165, 1.54) is 12.1 Å². The van der Waals surface area contributed by atoms with E-state index in [4.69, 9.17) is 4.42 Å². The second-order valence-electron chi connectivity index (χ2n) is 7.24. The maximum atomic E-state index is 10.9. The summed E-state index contributed by atoms with van der Waals surface area (Å²) in [6.45, 7) is 8.78. The Bertz CT molecular complexity index is 706. The first kappa shape index (κ1) is 19.1. The highest BCUT2D eigenvalue weighted by atomic mass is 16.6. The van der Waals surface area contributed by atoms with Gasteiger partial charge in [-0.05, 0) is 5.41 Å². The number of nitro groups is 1. The van der Waals surface area contributed by atoms with E-state index in [1.54, 1.807) is 18.3 Å². The lowest BCUT2D eigenvalue weighted by Gasteiger charge is -2.29. The van der Waals surface area contributed by atoms with Gasteiger partial charge in [-0.25, -0.2) is 4.98 Å². The molecule has 0 aliphatic carbocycles. The predicted molar refractivity (Wildman–Crippen MR) is 95.3 cm³/mol. The minimum Gasteiger partial charge on any atom is -0.441 e. The van der Waals surface area contributed by atoms with Gasteiger partial charge >= 0.3 is 0 Å². The van der Waals surface area contributed by atoms with Gasteiger partial charge in [-0.2, -0.15) is 0 Å². The van der Waals surface area contributed by atoms with Crippen molar-refractivity contribution in [3.8, 4) is 11.3 Å². The SMILES string of the molecule is CC(C)(C)CN(CCO)CCc1ncc(-c2cccc([N+](=O)[O-])c2)o1. The number of nitrogens with zero attached hydrogens (tertiary/aromatic N) is 3. The number of aromatic nitrogens is 1. The summed E-state index contributed by atoms with van der Waals surface area (Å²) in [6, 6.07) is 6.30. The van der Waals surface area contributed by atoms with Crippen molar-refractivity contribution in [2.24, 2.45) is 5.41 Å². The lowest BCUT2D eigenvalue weighted by atomic mass is 9.96. The number of benzene rings is 1. The Hall–Kier alpha value is -2.25. The normalized spacial score (nSPS) is 11.9. The summed E-state index contributed by atoms with van der Waals surface area (Å²) in [4.78, 5) is 16.9. The first-order valence-electron chi connectivity index (χ1n) is 8.31. The molecule has 0 amide bonds. The second kappa shape index (κ2) is 8.22. The molecule has 7 heteroatoms. The highest BCUT2D eigenvalue weighted by Gasteiger charge is 2.17. The van der Waals surface area contributed by atoms with E-state index in [2.05, 4.69) is 30.7 Å². The Morgan fingerprint density at radius 3 is 2.72 bits per heavy atom. The summed E-state index contributed by atoms with van der Waals surface area (Å²) in [5.41, 5.74) is 0.796. The van der Waals surface area contributed by atoms with Crippen LogP contribution in [0.25, 0.3) is 11.3 Å². The molecule has 136 valence electrons. The first-order valence-corrected chi connectivity index (χ1v) is 8.31. The summed E-state index contributed by atoms with van der Waals surface area (Å²) >= 11 is 0. The number of non-ortho nitro benzene ring substituents is 1. The molecule has 0 atom stereocenters. The van der Waals surface area contributed by atoms with Crippen LogP contribution in [-0.4, -0.2) is 46.2 Å². The molecule has 0 saturated heterocycles. The van der Waals surface area contributed by atoms with E-state index >= 15 is 0 Å². The van der Waals surface area contributed by atoms with Crippen molar-refractivity contribution in [3.05, 3.63) is 46.5 Å². The van der Waals surface area contributed by atoms with E-state index in [-0.39, 0.29) is 17.7 Å². The molecule has 0 fully saturated rings. The largest absolute Gasteiger partial charge is 0.441 e. The van der Waals surface area contributed by atoms with Crippen molar-refractivity contribution in [2.45, 2.75) is 27.2 Å². The van der Waals surface area contributed by atoms with Crippen LogP contribution in [0.5, 0.6) is 0 Å². The van der Waals surface area contributed by atoms with Crippen LogP contribution in [0.3, 0.4) is 0 Å². The first-order chi connectivity index (χ1) is 11.8. The number of aliphatic hydroxyl groups excluding tert-OH is 1. The zero-order valence-electron chi connectivity index (χ0n) is 14.9. The summed E-state index contributed by atoms with van der Waals surface area (Å²) in [6.07, 6.45) is 2.21. The monoisotopic (exact) mass is 347 g/mol. The topological polar surface area (TPSA) is 92.6 Å². The van der Waals surface area contributed by atoms with Crippen molar-refractivity contribution < 1.29 is 14.4 Å². The summed E-state index contributed by atoms with van der Waals surface area (Å²) in [5.74, 6) is 1.10. The number of hydrogen-bond donors (Lipinski definition) is 1. The zero-order valence-corrected chi connectivity index (χ0v) is 14.9. The summed E-state index contributed by atoms with van der Waals surface area (Å²) in [5, 5.41) is 20.1. The van der Waals surface area contributed by atoms with E-state index in [0.29, 0.717) is 30.2 Å². The smallest absolute Gasteiger partial charge is 0.270 e. The average molecular weight is 347 g/mol. The van der Waals surface area contributed by atoms with Gasteiger partial charge in [-0.15, -0.1) is 0 Å². The Morgan fingerprint density at radius 1 is 1.32 bits per heavy atom. The van der Waals surface area contributed by atoms with Crippen LogP contribution in [-0.2, 0) is 6.42 Å². The Labute approximate surface area is 147 Å². The molecular weight excluding hydrogens is 322 g/mol. The van der Waals surface area contributed by atoms with Gasteiger partial charge in [0.2, 0.25) is 0 Å². The van der Waals surface area contributed by atoms with Gasteiger partial charge in [-0.1, -0.05) is 32.9 Å². The van der Waals surface area contributed by atoms with Crippen LogP contribution < -0.4 is 0 Å². The van der Waals surface area contributed by atoms with Crippen molar-refractivity contribution >= 4 is 5.69 Å². The molecular formula is C18H25N3O4. The molecule has 0 radical (unpaired) electrons. The fourth-order valence-electron chi connectivity index (χ4n) is 2.67. The van der Waals surface area contributed by atoms with Crippen molar-refractivity contribution in [3.63, 3.8) is 0 Å². The molecule has 1 aromatic heterocycles. The average Bonchev–Trinajstić information content (AvgIpc) is 3.00. The highest BCUT2D eigenvalue weighted by Crippen LogP contribution is 2.24. The van der Waals surface area contributed by atoms with Crippen molar-refractivity contribution in [1.82, 2.24) is 9.88 Å². The minimum absolute atomic E-state index is 0.0229. The molecule has 1 N–H and O–H groups in total. The molecule has 2 rings (SSSR count). The Morgan fingerprint density at radius 2 is 2.08 bits per heavy atom. The number of nitro benzene ring substituents is 1. The van der Waals surface area contributed by atoms with E-state index < -0.39 is 4.92 Å². The van der Waals surface area contributed by atoms with E-state index in [9.17, 15) is 15.2 Å². The van der Waals surface area contributed by atoms with E-state index in [1.807, 2.05) is 0 Å². The Balaban J connectivity index is 2.03. The molecule has 0 spiro atoms. The van der Waals surface area contributed by atoms with Crippen LogP contribution in [0.15, 0.2) is 34.9 Å². The highest BCUT2D eigenvalue weighted by molar-refractivity contribution is 5.60. The molecule has 25 heavy (non-hydrogen) atoms. The summed E-state index contributed by atoms with van der Waals surface area (Å²) in [7, 11) is 0. The van der Waals surface area contributed by atoms with Crippen LogP contribution in [0.4, 0.5) is 5.69 Å². The molecule has 0 saturated carbocycles. The number of rotatable bonds is 8. The van der Waals surface area contributed by atoms with Crippen molar-refractivity contribution in [1.29, 1.82) is 0 Å². The Kier molecular flexibility index (Phi) is 6.27. The maximum Gasteiger partial charge on any atom is 0.270 e. The fourth-order valence-corrected chi connectivity index (χ4v) is 2.67. The predicted octanol–water partition coefficient (Wildman–Crippen LogP) is 3.13. The van der Waals surface area contributed by atoms with Crippen molar-refractivity contribution in [2.75, 3.05) is 26.2 Å². The number of oxazole rings is 1. The second-order valence-corrected chi connectivity index (χ2v) is 7.24. The molecule has 7 nitrogen and oxygen atoms in total. The molecule has 0 aliphatic heterocycles. The molecule has 1 aromatic carbocycles. The van der Waals surface area contributed by atoms with Gasteiger partial charge in [0, 0.05) is 43.8 Å². The summed E-state index contributed by atoms with van der Waals surface area (Å²) < 4.78 is 5.74. The number of aliphatic hydroxyl groups is 1. The molecule has 1 heterocycles. The van der Waals surface area contributed by atoms with Crippen LogP contribution in [0, 0.1) is 15.5 Å². The zero-order chi connectivity index (χ0) is 18.4. The molecule has 0 aliphatic rings. The third kappa shape index (κ3) is 5.95. The quantitative estimate of drug-likeness (QED) is 0.582. The van der Waals surface area contributed by atoms with Gasteiger partial charge in [0.15, 0.2) is 11.7 Å². The van der Waals surface area contributed by atoms with Crippen LogP contribution in [0.1, 0.15) is 26.7 Å². The van der Waals surface area contributed by atoms with Gasteiger partial charge in [0.25, 0.3) is 5.69 Å². The van der Waals surface area contributed by atoms with Crippen LogP contribution >= 0.6 is 0 Å². The van der Waals surface area contributed by atoms with Gasteiger partial charge in [0.1, 0.15) is 0 Å². The van der Waals surface area contributed by atoms with Gasteiger partial charge in [-0.3, -0.25) is 10.1 Å². The standard InChI is InChI=1S/C18H25N3O4/c1-18(2,3)13-20(9-10-22)8-7-17-19-12-16(25-17)14-5-4-6-15(11-14)21(23)24/h4-6,11-12,22H,7-10,13H2,1-3H3. The molecule has 0 unspecified atom stereocenters. The fraction of sp³-hybridized carbons (Fsp3) is 0.500. The lowest BCUT2D eigenvalue weighted by Crippen LogP contribution is -2.36. The van der Waals surface area contributed by atoms with Gasteiger partial charge < -0.3 is 14.4 Å².